The molecule has 1 heterocycles. The Kier molecular flexibility index (Phi) is 7.69. The summed E-state index contributed by atoms with van der Waals surface area (Å²) in [6.45, 7) is 7.96. The molecule has 0 aliphatic rings. The number of nitrogens with zero attached hydrogens (tertiary/aromatic N) is 3. The number of thioether (sulfide) groups is 1. The van der Waals surface area contributed by atoms with Crippen LogP contribution in [-0.2, 0) is 11.8 Å². The topological polar surface area (TPSA) is 88.9 Å². The van der Waals surface area contributed by atoms with Gasteiger partial charge >= 0.3 is 0 Å². The van der Waals surface area contributed by atoms with Gasteiger partial charge in [0.15, 0.2) is 11.0 Å². The van der Waals surface area contributed by atoms with Crippen molar-refractivity contribution in [3.8, 4) is 0 Å². The Morgan fingerprint density at radius 1 is 1.06 bits per heavy atom. The Morgan fingerprint density at radius 3 is 2.50 bits per heavy atom. The zero-order valence-electron chi connectivity index (χ0n) is 19.0. The molecule has 8 heteroatoms. The van der Waals surface area contributed by atoms with Gasteiger partial charge in [-0.2, -0.15) is 0 Å². The molecule has 0 aliphatic heterocycles. The standard InChI is InChI=1S/C24H29N5O2S/c1-15(2)21(26-23(31)18-11-8-9-16(3)13-18)22-27-28-24(29(22)5)32-14-20(30)25-19-12-7-6-10-17(19)4/h6-13,15,21H,14H2,1-5H3,(H,25,30)(H,26,31)/t21-/m1/s1. The minimum Gasteiger partial charge on any atom is -0.342 e. The highest BCUT2D eigenvalue weighted by Gasteiger charge is 2.25. The van der Waals surface area contributed by atoms with E-state index in [4.69, 9.17) is 0 Å². The molecule has 168 valence electrons. The van der Waals surface area contributed by atoms with Crippen LogP contribution in [0.25, 0.3) is 0 Å². The first-order valence-corrected chi connectivity index (χ1v) is 11.5. The molecule has 0 spiro atoms. The van der Waals surface area contributed by atoms with Crippen LogP contribution < -0.4 is 10.6 Å². The van der Waals surface area contributed by atoms with Crippen molar-refractivity contribution in [3.05, 3.63) is 71.0 Å². The molecule has 0 fully saturated rings. The first kappa shape index (κ1) is 23.5. The van der Waals surface area contributed by atoms with Crippen molar-refractivity contribution in [2.45, 2.75) is 38.9 Å². The second kappa shape index (κ2) is 10.5. The van der Waals surface area contributed by atoms with E-state index in [1.807, 2.05) is 81.8 Å². The number of para-hydroxylation sites is 1. The lowest BCUT2D eigenvalue weighted by atomic mass is 10.0. The van der Waals surface area contributed by atoms with Gasteiger partial charge in [-0.1, -0.05) is 61.5 Å². The van der Waals surface area contributed by atoms with Crippen molar-refractivity contribution < 1.29 is 9.59 Å². The average Bonchev–Trinajstić information content (AvgIpc) is 3.11. The molecule has 32 heavy (non-hydrogen) atoms. The summed E-state index contributed by atoms with van der Waals surface area (Å²) in [5.74, 6) is 0.711. The maximum Gasteiger partial charge on any atom is 0.251 e. The van der Waals surface area contributed by atoms with Crippen molar-refractivity contribution >= 4 is 29.3 Å². The summed E-state index contributed by atoms with van der Waals surface area (Å²) in [6.07, 6.45) is 0. The lowest BCUT2D eigenvalue weighted by molar-refractivity contribution is -0.113. The van der Waals surface area contributed by atoms with Gasteiger partial charge in [0.05, 0.1) is 11.8 Å². The Labute approximate surface area is 193 Å². The molecule has 0 aliphatic carbocycles. The summed E-state index contributed by atoms with van der Waals surface area (Å²) in [5.41, 5.74) is 3.45. The van der Waals surface area contributed by atoms with Gasteiger partial charge in [-0.15, -0.1) is 10.2 Å². The fourth-order valence-corrected chi connectivity index (χ4v) is 4.01. The number of hydrogen-bond acceptors (Lipinski definition) is 5. The van der Waals surface area contributed by atoms with Crippen molar-refractivity contribution in [3.63, 3.8) is 0 Å². The van der Waals surface area contributed by atoms with Crippen LogP contribution in [0.5, 0.6) is 0 Å². The number of amides is 2. The second-order valence-electron chi connectivity index (χ2n) is 8.12. The Balaban J connectivity index is 1.67. The third kappa shape index (κ3) is 5.76. The van der Waals surface area contributed by atoms with Gasteiger partial charge in [-0.05, 0) is 43.5 Å². The van der Waals surface area contributed by atoms with E-state index in [1.54, 1.807) is 6.07 Å². The molecular formula is C24H29N5O2S. The minimum absolute atomic E-state index is 0.105. The number of carbonyl (C=O) groups excluding carboxylic acids is 2. The number of aromatic nitrogens is 3. The number of anilines is 1. The SMILES string of the molecule is Cc1cccc(C(=O)N[C@@H](c2nnc(SCC(=O)Nc3ccccc3C)n2C)C(C)C)c1. The number of aryl methyl sites for hydroxylation is 2. The van der Waals surface area contributed by atoms with Gasteiger partial charge < -0.3 is 15.2 Å². The maximum absolute atomic E-state index is 12.8. The van der Waals surface area contributed by atoms with Crippen molar-refractivity contribution in [2.75, 3.05) is 11.1 Å². The normalized spacial score (nSPS) is 11.9. The average molecular weight is 452 g/mol. The number of carbonyl (C=O) groups is 2. The zero-order valence-corrected chi connectivity index (χ0v) is 19.9. The molecule has 3 aromatic rings. The summed E-state index contributed by atoms with van der Waals surface area (Å²) in [4.78, 5) is 25.2. The van der Waals surface area contributed by atoms with Crippen molar-refractivity contribution in [1.82, 2.24) is 20.1 Å². The van der Waals surface area contributed by atoms with E-state index >= 15 is 0 Å². The molecule has 1 atom stereocenters. The summed E-state index contributed by atoms with van der Waals surface area (Å²) in [7, 11) is 1.85. The molecule has 2 aromatic carbocycles. The van der Waals surface area contributed by atoms with E-state index in [2.05, 4.69) is 20.8 Å². The fourth-order valence-electron chi connectivity index (χ4n) is 3.29. The van der Waals surface area contributed by atoms with Crippen molar-refractivity contribution in [1.29, 1.82) is 0 Å². The summed E-state index contributed by atoms with van der Waals surface area (Å²) < 4.78 is 1.84. The van der Waals surface area contributed by atoms with Crippen molar-refractivity contribution in [2.24, 2.45) is 13.0 Å². The van der Waals surface area contributed by atoms with Gasteiger partial charge in [-0.3, -0.25) is 9.59 Å². The van der Waals surface area contributed by atoms with Crippen LogP contribution >= 0.6 is 11.8 Å². The Hall–Kier alpha value is -3.13. The van der Waals surface area contributed by atoms with E-state index in [0.717, 1.165) is 16.8 Å². The molecule has 0 saturated heterocycles. The smallest absolute Gasteiger partial charge is 0.251 e. The minimum atomic E-state index is -0.310. The highest BCUT2D eigenvalue weighted by atomic mass is 32.2. The van der Waals surface area contributed by atoms with E-state index in [-0.39, 0.29) is 29.5 Å². The first-order valence-electron chi connectivity index (χ1n) is 10.5. The van der Waals surface area contributed by atoms with Gasteiger partial charge in [0.1, 0.15) is 0 Å². The van der Waals surface area contributed by atoms with Crippen LogP contribution in [0.15, 0.2) is 53.7 Å². The largest absolute Gasteiger partial charge is 0.342 e. The van der Waals surface area contributed by atoms with Gasteiger partial charge in [0.2, 0.25) is 5.91 Å². The number of hydrogen-bond donors (Lipinski definition) is 2. The molecule has 0 radical (unpaired) electrons. The molecule has 1 aromatic heterocycles. The van der Waals surface area contributed by atoms with E-state index in [0.29, 0.717) is 16.5 Å². The van der Waals surface area contributed by atoms with E-state index < -0.39 is 0 Å². The van der Waals surface area contributed by atoms with Crippen LogP contribution in [0.2, 0.25) is 0 Å². The molecule has 2 amide bonds. The molecule has 0 bridgehead atoms. The number of benzene rings is 2. The van der Waals surface area contributed by atoms with Gasteiger partial charge in [0.25, 0.3) is 5.91 Å². The monoisotopic (exact) mass is 451 g/mol. The summed E-state index contributed by atoms with van der Waals surface area (Å²) >= 11 is 1.31. The first-order chi connectivity index (χ1) is 15.3. The highest BCUT2D eigenvalue weighted by molar-refractivity contribution is 7.99. The molecule has 0 saturated carbocycles. The van der Waals surface area contributed by atoms with E-state index in [9.17, 15) is 9.59 Å². The molecule has 3 rings (SSSR count). The third-order valence-electron chi connectivity index (χ3n) is 5.13. The van der Waals surface area contributed by atoms with Crippen LogP contribution in [0.4, 0.5) is 5.69 Å². The predicted octanol–water partition coefficient (Wildman–Crippen LogP) is 4.29. The second-order valence-corrected chi connectivity index (χ2v) is 9.06. The zero-order chi connectivity index (χ0) is 23.3. The molecule has 0 unspecified atom stereocenters. The quantitative estimate of drug-likeness (QED) is 0.499. The van der Waals surface area contributed by atoms with Crippen LogP contribution in [0.1, 0.15) is 47.2 Å². The molecule has 2 N–H and O–H groups in total. The number of rotatable bonds is 8. The van der Waals surface area contributed by atoms with Gasteiger partial charge in [-0.25, -0.2) is 0 Å². The molecular weight excluding hydrogens is 422 g/mol. The summed E-state index contributed by atoms with van der Waals surface area (Å²) in [6, 6.07) is 14.8. The third-order valence-corrected chi connectivity index (χ3v) is 6.15. The Morgan fingerprint density at radius 2 is 1.81 bits per heavy atom. The predicted molar refractivity (Wildman–Crippen MR) is 128 cm³/mol. The maximum atomic E-state index is 12.8. The lowest BCUT2D eigenvalue weighted by Gasteiger charge is -2.21. The van der Waals surface area contributed by atoms with Crippen LogP contribution in [0, 0.1) is 19.8 Å². The Bertz CT molecular complexity index is 1110. The van der Waals surface area contributed by atoms with Crippen LogP contribution in [-0.4, -0.2) is 32.3 Å². The highest BCUT2D eigenvalue weighted by Crippen LogP contribution is 2.25. The molecule has 7 nitrogen and oxygen atoms in total. The summed E-state index contributed by atoms with van der Waals surface area (Å²) in [5, 5.41) is 15.2. The lowest BCUT2D eigenvalue weighted by Crippen LogP contribution is -2.33. The fraction of sp³-hybridized carbons (Fsp3) is 0.333. The van der Waals surface area contributed by atoms with Gasteiger partial charge in [0, 0.05) is 18.3 Å². The van der Waals surface area contributed by atoms with E-state index in [1.165, 1.54) is 11.8 Å². The van der Waals surface area contributed by atoms with Crippen LogP contribution in [0.3, 0.4) is 0 Å². The number of nitrogens with one attached hydrogen (secondary N) is 2.